The number of aromatic nitrogens is 3. The molecule has 1 fully saturated rings. The van der Waals surface area contributed by atoms with Gasteiger partial charge in [0.1, 0.15) is 0 Å². The zero-order valence-corrected chi connectivity index (χ0v) is 9.74. The van der Waals surface area contributed by atoms with Crippen molar-refractivity contribution in [3.05, 3.63) is 24.5 Å². The van der Waals surface area contributed by atoms with Crippen molar-refractivity contribution < 1.29 is 0 Å². The summed E-state index contributed by atoms with van der Waals surface area (Å²) in [5.74, 6) is 0.769. The molecule has 0 aromatic carbocycles. The molecule has 16 heavy (non-hydrogen) atoms. The van der Waals surface area contributed by atoms with Gasteiger partial charge in [0.2, 0.25) is 5.13 Å². The molecule has 2 aromatic rings. The predicted molar refractivity (Wildman–Crippen MR) is 64.3 cm³/mol. The Balaban J connectivity index is 1.77. The summed E-state index contributed by atoms with van der Waals surface area (Å²) in [7, 11) is 0. The Morgan fingerprint density at radius 3 is 3.00 bits per heavy atom. The van der Waals surface area contributed by atoms with E-state index in [0.717, 1.165) is 21.6 Å². The average molecular weight is 232 g/mol. The molecule has 0 spiro atoms. The summed E-state index contributed by atoms with van der Waals surface area (Å²) in [5, 5.41) is 13.5. The van der Waals surface area contributed by atoms with Crippen molar-refractivity contribution in [1.82, 2.24) is 15.2 Å². The van der Waals surface area contributed by atoms with Crippen molar-refractivity contribution in [2.24, 2.45) is 5.92 Å². The molecule has 0 saturated heterocycles. The Kier molecular flexibility index (Phi) is 2.32. The summed E-state index contributed by atoms with van der Waals surface area (Å²) < 4.78 is 0. The van der Waals surface area contributed by atoms with Gasteiger partial charge >= 0.3 is 0 Å². The van der Waals surface area contributed by atoms with Crippen LogP contribution in [0.3, 0.4) is 0 Å². The van der Waals surface area contributed by atoms with Gasteiger partial charge in [-0.2, -0.15) is 0 Å². The third-order valence-electron chi connectivity index (χ3n) is 2.75. The van der Waals surface area contributed by atoms with Gasteiger partial charge in [-0.05, 0) is 24.5 Å². The Morgan fingerprint density at radius 2 is 2.31 bits per heavy atom. The van der Waals surface area contributed by atoms with Crippen molar-refractivity contribution in [1.29, 1.82) is 0 Å². The molecule has 2 unspecified atom stereocenters. The second kappa shape index (κ2) is 3.83. The Hall–Kier alpha value is -1.49. The molecule has 3 rings (SSSR count). The maximum atomic E-state index is 4.16. The first kappa shape index (κ1) is 9.72. The molecule has 1 aliphatic rings. The maximum Gasteiger partial charge on any atom is 0.206 e. The largest absolute Gasteiger partial charge is 0.357 e. The van der Waals surface area contributed by atoms with Gasteiger partial charge in [0.15, 0.2) is 5.01 Å². The highest BCUT2D eigenvalue weighted by Gasteiger charge is 2.33. The van der Waals surface area contributed by atoms with Gasteiger partial charge in [0.05, 0.1) is 0 Å². The first-order valence-corrected chi connectivity index (χ1v) is 6.15. The van der Waals surface area contributed by atoms with Crippen molar-refractivity contribution in [2.75, 3.05) is 5.32 Å². The van der Waals surface area contributed by atoms with E-state index in [1.54, 1.807) is 17.5 Å². The van der Waals surface area contributed by atoms with Gasteiger partial charge in [-0.15, -0.1) is 10.2 Å². The zero-order valence-electron chi connectivity index (χ0n) is 8.92. The molecule has 2 aromatic heterocycles. The van der Waals surface area contributed by atoms with Gasteiger partial charge in [-0.3, -0.25) is 4.98 Å². The van der Waals surface area contributed by atoms with Crippen molar-refractivity contribution >= 4 is 16.5 Å². The second-order valence-electron chi connectivity index (χ2n) is 4.12. The molecular weight excluding hydrogens is 220 g/mol. The lowest BCUT2D eigenvalue weighted by atomic mass is 10.3. The van der Waals surface area contributed by atoms with E-state index in [1.165, 1.54) is 6.42 Å². The Labute approximate surface area is 97.8 Å². The Morgan fingerprint density at radius 1 is 1.44 bits per heavy atom. The van der Waals surface area contributed by atoms with Gasteiger partial charge in [0.25, 0.3) is 0 Å². The summed E-state index contributed by atoms with van der Waals surface area (Å²) in [4.78, 5) is 4.07. The molecule has 0 aliphatic heterocycles. The van der Waals surface area contributed by atoms with Crippen LogP contribution in [-0.4, -0.2) is 21.2 Å². The SMILES string of the molecule is CC1CC1Nc1nnc(-c2cccnc2)s1. The maximum absolute atomic E-state index is 4.16. The molecule has 82 valence electrons. The summed E-state index contributed by atoms with van der Waals surface area (Å²) in [6, 6.07) is 4.50. The number of rotatable bonds is 3. The van der Waals surface area contributed by atoms with Gasteiger partial charge < -0.3 is 5.32 Å². The molecule has 0 radical (unpaired) electrons. The first-order chi connectivity index (χ1) is 7.83. The van der Waals surface area contributed by atoms with E-state index >= 15 is 0 Å². The van der Waals surface area contributed by atoms with Crippen LogP contribution in [0.1, 0.15) is 13.3 Å². The van der Waals surface area contributed by atoms with Crippen LogP contribution in [0.25, 0.3) is 10.6 Å². The van der Waals surface area contributed by atoms with Gasteiger partial charge in [-0.25, -0.2) is 0 Å². The van der Waals surface area contributed by atoms with Crippen LogP contribution in [-0.2, 0) is 0 Å². The van der Waals surface area contributed by atoms with E-state index in [-0.39, 0.29) is 0 Å². The number of hydrogen-bond acceptors (Lipinski definition) is 5. The summed E-state index contributed by atoms with van der Waals surface area (Å²) in [5.41, 5.74) is 1.02. The highest BCUT2D eigenvalue weighted by atomic mass is 32.1. The number of hydrogen-bond donors (Lipinski definition) is 1. The van der Waals surface area contributed by atoms with E-state index < -0.39 is 0 Å². The topological polar surface area (TPSA) is 50.7 Å². The van der Waals surface area contributed by atoms with Crippen LogP contribution in [0.2, 0.25) is 0 Å². The standard InChI is InChI=1S/C11H12N4S/c1-7-5-9(7)13-11-15-14-10(16-11)8-3-2-4-12-6-8/h2-4,6-7,9H,5H2,1H3,(H,13,15). The molecule has 2 atom stereocenters. The first-order valence-electron chi connectivity index (χ1n) is 5.33. The molecule has 4 nitrogen and oxygen atoms in total. The van der Waals surface area contributed by atoms with E-state index in [0.29, 0.717) is 6.04 Å². The van der Waals surface area contributed by atoms with Crippen LogP contribution in [0.4, 0.5) is 5.13 Å². The summed E-state index contributed by atoms with van der Waals surface area (Å²) in [6.07, 6.45) is 4.81. The molecular formula is C11H12N4S. The average Bonchev–Trinajstić information content (AvgIpc) is 2.80. The molecule has 2 heterocycles. The minimum atomic E-state index is 0.592. The lowest BCUT2D eigenvalue weighted by Crippen LogP contribution is -2.02. The van der Waals surface area contributed by atoms with Gasteiger partial charge in [-0.1, -0.05) is 18.3 Å². The second-order valence-corrected chi connectivity index (χ2v) is 5.10. The third kappa shape index (κ3) is 1.90. The fourth-order valence-electron chi connectivity index (χ4n) is 1.57. The monoisotopic (exact) mass is 232 g/mol. The summed E-state index contributed by atoms with van der Waals surface area (Å²) >= 11 is 1.58. The number of pyridine rings is 1. The van der Waals surface area contributed by atoms with Gasteiger partial charge in [0, 0.05) is 24.0 Å². The fraction of sp³-hybridized carbons (Fsp3) is 0.364. The lowest BCUT2D eigenvalue weighted by molar-refractivity contribution is 0.922. The third-order valence-corrected chi connectivity index (χ3v) is 3.66. The van der Waals surface area contributed by atoms with E-state index in [1.807, 2.05) is 18.3 Å². The molecule has 1 saturated carbocycles. The normalized spacial score (nSPS) is 23.1. The number of anilines is 1. The van der Waals surface area contributed by atoms with Crippen LogP contribution >= 0.6 is 11.3 Å². The zero-order chi connectivity index (χ0) is 11.0. The fourth-order valence-corrected chi connectivity index (χ4v) is 2.36. The minimum absolute atomic E-state index is 0.592. The molecule has 0 bridgehead atoms. The van der Waals surface area contributed by atoms with E-state index in [2.05, 4.69) is 27.4 Å². The minimum Gasteiger partial charge on any atom is -0.357 e. The van der Waals surface area contributed by atoms with Crippen molar-refractivity contribution in [3.63, 3.8) is 0 Å². The van der Waals surface area contributed by atoms with Crippen LogP contribution in [0.5, 0.6) is 0 Å². The van der Waals surface area contributed by atoms with Crippen molar-refractivity contribution in [2.45, 2.75) is 19.4 Å². The smallest absolute Gasteiger partial charge is 0.206 e. The van der Waals surface area contributed by atoms with E-state index in [9.17, 15) is 0 Å². The van der Waals surface area contributed by atoms with Crippen LogP contribution in [0, 0.1) is 5.92 Å². The summed E-state index contributed by atoms with van der Waals surface area (Å²) in [6.45, 7) is 2.24. The predicted octanol–water partition coefficient (Wildman–Crippen LogP) is 2.42. The molecule has 0 amide bonds. The molecule has 1 aliphatic carbocycles. The van der Waals surface area contributed by atoms with Crippen LogP contribution in [0.15, 0.2) is 24.5 Å². The van der Waals surface area contributed by atoms with E-state index in [4.69, 9.17) is 0 Å². The number of nitrogens with one attached hydrogen (secondary N) is 1. The highest BCUT2D eigenvalue weighted by molar-refractivity contribution is 7.18. The highest BCUT2D eigenvalue weighted by Crippen LogP contribution is 2.34. The van der Waals surface area contributed by atoms with Crippen molar-refractivity contribution in [3.8, 4) is 10.6 Å². The molecule has 1 N–H and O–H groups in total. The molecule has 5 heteroatoms. The van der Waals surface area contributed by atoms with Crippen LogP contribution < -0.4 is 5.32 Å². The lowest BCUT2D eigenvalue weighted by Gasteiger charge is -1.96. The quantitative estimate of drug-likeness (QED) is 0.883. The Bertz CT molecular complexity index is 482. The number of nitrogens with zero attached hydrogens (tertiary/aromatic N) is 3.